The van der Waals surface area contributed by atoms with Gasteiger partial charge in [0.2, 0.25) is 0 Å². The van der Waals surface area contributed by atoms with Gasteiger partial charge in [0.15, 0.2) is 5.69 Å². The summed E-state index contributed by atoms with van der Waals surface area (Å²) in [6.07, 6.45) is -3.80. The Kier molecular flexibility index (Phi) is 3.97. The van der Waals surface area contributed by atoms with E-state index in [9.17, 15) is 22.4 Å². The second-order valence-electron chi connectivity index (χ2n) is 4.27. The average Bonchev–Trinajstić information content (AvgIpc) is 2.80. The second-order valence-corrected chi connectivity index (χ2v) is 4.27. The number of carbonyl (C=O) groups is 1. The maximum absolute atomic E-state index is 12.7. The van der Waals surface area contributed by atoms with Crippen molar-refractivity contribution in [2.45, 2.75) is 12.8 Å². The first kappa shape index (κ1) is 15.0. The Morgan fingerprint density at radius 1 is 1.29 bits per heavy atom. The third kappa shape index (κ3) is 3.59. The Labute approximate surface area is 116 Å². The number of nitrogens with zero attached hydrogens (tertiary/aromatic N) is 2. The SMILES string of the molecule is Cn1cc(C(=O)OCc2ccc(F)cc2)c(C(F)(F)F)n1. The highest BCUT2D eigenvalue weighted by Gasteiger charge is 2.39. The largest absolute Gasteiger partial charge is 0.457 e. The maximum Gasteiger partial charge on any atom is 0.436 e. The lowest BCUT2D eigenvalue weighted by molar-refractivity contribution is -0.142. The number of aromatic nitrogens is 2. The number of hydrogen-bond donors (Lipinski definition) is 0. The molecule has 8 heteroatoms. The lowest BCUT2D eigenvalue weighted by Gasteiger charge is -2.07. The molecule has 2 aromatic rings. The molecule has 0 bridgehead atoms. The van der Waals surface area contributed by atoms with E-state index in [1.807, 2.05) is 0 Å². The third-order valence-corrected chi connectivity index (χ3v) is 2.60. The van der Waals surface area contributed by atoms with Crippen LogP contribution in [0.3, 0.4) is 0 Å². The first-order valence-electron chi connectivity index (χ1n) is 5.80. The van der Waals surface area contributed by atoms with Crippen molar-refractivity contribution in [3.05, 3.63) is 53.1 Å². The molecule has 0 saturated carbocycles. The van der Waals surface area contributed by atoms with Gasteiger partial charge in [-0.15, -0.1) is 0 Å². The van der Waals surface area contributed by atoms with Crippen LogP contribution in [0.15, 0.2) is 30.5 Å². The van der Waals surface area contributed by atoms with Crippen molar-refractivity contribution in [2.75, 3.05) is 0 Å². The van der Waals surface area contributed by atoms with Crippen LogP contribution in [-0.4, -0.2) is 15.7 Å². The fourth-order valence-electron chi connectivity index (χ4n) is 1.65. The summed E-state index contributed by atoms with van der Waals surface area (Å²) in [4.78, 5) is 11.7. The summed E-state index contributed by atoms with van der Waals surface area (Å²) in [5.41, 5.74) is -1.50. The van der Waals surface area contributed by atoms with Crippen LogP contribution < -0.4 is 0 Å². The Morgan fingerprint density at radius 3 is 2.48 bits per heavy atom. The summed E-state index contributed by atoms with van der Waals surface area (Å²) >= 11 is 0. The van der Waals surface area contributed by atoms with E-state index in [1.165, 1.54) is 19.2 Å². The van der Waals surface area contributed by atoms with Crippen LogP contribution in [-0.2, 0) is 24.6 Å². The molecule has 0 spiro atoms. The molecule has 0 fully saturated rings. The second kappa shape index (κ2) is 5.55. The average molecular weight is 302 g/mol. The molecule has 0 N–H and O–H groups in total. The van der Waals surface area contributed by atoms with Gasteiger partial charge in [0.1, 0.15) is 18.0 Å². The standard InChI is InChI=1S/C13H10F4N2O2/c1-19-6-10(11(18-19)13(15,16)17)12(20)21-7-8-2-4-9(14)5-3-8/h2-6H,7H2,1H3. The molecule has 21 heavy (non-hydrogen) atoms. The van der Waals surface area contributed by atoms with E-state index in [4.69, 9.17) is 4.74 Å². The van der Waals surface area contributed by atoms with Gasteiger partial charge in [-0.25, -0.2) is 9.18 Å². The fourth-order valence-corrected chi connectivity index (χ4v) is 1.65. The van der Waals surface area contributed by atoms with Gasteiger partial charge in [0.05, 0.1) is 0 Å². The number of halogens is 4. The first-order chi connectivity index (χ1) is 9.77. The van der Waals surface area contributed by atoms with E-state index in [1.54, 1.807) is 0 Å². The van der Waals surface area contributed by atoms with Crippen molar-refractivity contribution in [3.8, 4) is 0 Å². The number of alkyl halides is 3. The van der Waals surface area contributed by atoms with Crippen molar-refractivity contribution in [3.63, 3.8) is 0 Å². The molecule has 1 aromatic carbocycles. The minimum atomic E-state index is -4.74. The van der Waals surface area contributed by atoms with Crippen LogP contribution in [0.2, 0.25) is 0 Å². The fraction of sp³-hybridized carbons (Fsp3) is 0.231. The smallest absolute Gasteiger partial charge is 0.436 e. The van der Waals surface area contributed by atoms with Crippen molar-refractivity contribution in [1.82, 2.24) is 9.78 Å². The van der Waals surface area contributed by atoms with Gasteiger partial charge in [-0.1, -0.05) is 12.1 Å². The quantitative estimate of drug-likeness (QED) is 0.647. The maximum atomic E-state index is 12.7. The summed E-state index contributed by atoms with van der Waals surface area (Å²) < 4.78 is 56.5. The lowest BCUT2D eigenvalue weighted by Crippen LogP contribution is -2.14. The zero-order chi connectivity index (χ0) is 15.6. The zero-order valence-electron chi connectivity index (χ0n) is 10.8. The summed E-state index contributed by atoms with van der Waals surface area (Å²) in [7, 11) is 1.27. The minimum Gasteiger partial charge on any atom is -0.457 e. The predicted octanol–water partition coefficient (Wildman–Crippen LogP) is 2.94. The van der Waals surface area contributed by atoms with Crippen molar-refractivity contribution in [1.29, 1.82) is 0 Å². The molecule has 0 amide bonds. The van der Waals surface area contributed by atoms with E-state index in [-0.39, 0.29) is 6.61 Å². The summed E-state index contributed by atoms with van der Waals surface area (Å²) in [5.74, 6) is -1.60. The van der Waals surface area contributed by atoms with Crippen LogP contribution in [0.1, 0.15) is 21.6 Å². The first-order valence-corrected chi connectivity index (χ1v) is 5.80. The summed E-state index contributed by atoms with van der Waals surface area (Å²) in [5, 5.41) is 3.21. The molecule has 112 valence electrons. The number of esters is 1. The molecule has 0 radical (unpaired) electrons. The Bertz CT molecular complexity index is 647. The van der Waals surface area contributed by atoms with Gasteiger partial charge in [-0.2, -0.15) is 18.3 Å². The Hall–Kier alpha value is -2.38. The Balaban J connectivity index is 2.12. The topological polar surface area (TPSA) is 44.1 Å². The molecule has 1 aromatic heterocycles. The van der Waals surface area contributed by atoms with Gasteiger partial charge in [-0.05, 0) is 17.7 Å². The lowest BCUT2D eigenvalue weighted by atomic mass is 10.2. The predicted molar refractivity (Wildman–Crippen MR) is 63.7 cm³/mol. The molecule has 0 unspecified atom stereocenters. The molecule has 0 aliphatic carbocycles. The minimum absolute atomic E-state index is 0.259. The molecule has 2 rings (SSSR count). The van der Waals surface area contributed by atoms with Gasteiger partial charge >= 0.3 is 12.1 Å². The van der Waals surface area contributed by atoms with Gasteiger partial charge in [0, 0.05) is 13.2 Å². The van der Waals surface area contributed by atoms with Crippen molar-refractivity contribution >= 4 is 5.97 Å². The van der Waals surface area contributed by atoms with E-state index < -0.39 is 29.2 Å². The van der Waals surface area contributed by atoms with E-state index in [0.717, 1.165) is 23.0 Å². The van der Waals surface area contributed by atoms with Crippen LogP contribution in [0, 0.1) is 5.82 Å². The molecule has 4 nitrogen and oxygen atoms in total. The van der Waals surface area contributed by atoms with Gasteiger partial charge < -0.3 is 4.74 Å². The summed E-state index contributed by atoms with van der Waals surface area (Å²) in [6, 6.07) is 5.07. The number of rotatable bonds is 3. The molecule has 0 aliphatic heterocycles. The van der Waals surface area contributed by atoms with Crippen molar-refractivity contribution < 1.29 is 27.1 Å². The number of ether oxygens (including phenoxy) is 1. The monoisotopic (exact) mass is 302 g/mol. The molecule has 1 heterocycles. The molecular formula is C13H10F4N2O2. The molecule has 0 atom stereocenters. The number of benzene rings is 1. The number of aryl methyl sites for hydroxylation is 1. The zero-order valence-corrected chi connectivity index (χ0v) is 10.8. The number of carbonyl (C=O) groups excluding carboxylic acids is 1. The van der Waals surface area contributed by atoms with Crippen molar-refractivity contribution in [2.24, 2.45) is 7.05 Å². The molecular weight excluding hydrogens is 292 g/mol. The van der Waals surface area contributed by atoms with Gasteiger partial charge in [0.25, 0.3) is 0 Å². The van der Waals surface area contributed by atoms with E-state index in [0.29, 0.717) is 5.56 Å². The van der Waals surface area contributed by atoms with E-state index in [2.05, 4.69) is 5.10 Å². The normalized spacial score (nSPS) is 11.5. The molecule has 0 saturated heterocycles. The Morgan fingerprint density at radius 2 is 1.90 bits per heavy atom. The highest BCUT2D eigenvalue weighted by atomic mass is 19.4. The van der Waals surface area contributed by atoms with Gasteiger partial charge in [-0.3, -0.25) is 4.68 Å². The van der Waals surface area contributed by atoms with Crippen LogP contribution in [0.4, 0.5) is 17.6 Å². The molecule has 0 aliphatic rings. The highest BCUT2D eigenvalue weighted by Crippen LogP contribution is 2.30. The van der Waals surface area contributed by atoms with Crippen LogP contribution >= 0.6 is 0 Å². The summed E-state index contributed by atoms with van der Waals surface area (Å²) in [6.45, 7) is -0.259. The number of hydrogen-bond acceptors (Lipinski definition) is 3. The third-order valence-electron chi connectivity index (χ3n) is 2.60. The van der Waals surface area contributed by atoms with E-state index >= 15 is 0 Å². The van der Waals surface area contributed by atoms with Crippen LogP contribution in [0.5, 0.6) is 0 Å². The van der Waals surface area contributed by atoms with Crippen LogP contribution in [0.25, 0.3) is 0 Å². The highest BCUT2D eigenvalue weighted by molar-refractivity contribution is 5.90.